The molecule has 1 aliphatic rings. The van der Waals surface area contributed by atoms with Gasteiger partial charge in [0, 0.05) is 13.0 Å². The predicted octanol–water partition coefficient (Wildman–Crippen LogP) is 4.39. The second-order valence-corrected chi connectivity index (χ2v) is 6.63. The van der Waals surface area contributed by atoms with Crippen molar-refractivity contribution in [1.82, 2.24) is 9.88 Å². The molecule has 2 heterocycles. The van der Waals surface area contributed by atoms with E-state index >= 15 is 0 Å². The molecule has 0 amide bonds. The summed E-state index contributed by atoms with van der Waals surface area (Å²) in [5, 5.41) is 8.91. The minimum Gasteiger partial charge on any atom is -0.441 e. The van der Waals surface area contributed by atoms with E-state index in [1.807, 2.05) is 36.4 Å². The Balaban J connectivity index is 1.51. The van der Waals surface area contributed by atoms with E-state index in [1.54, 1.807) is 0 Å². The fourth-order valence-electron chi connectivity index (χ4n) is 3.44. The van der Waals surface area contributed by atoms with Crippen molar-refractivity contribution in [1.29, 1.82) is 5.26 Å². The van der Waals surface area contributed by atoms with Crippen LogP contribution in [0.1, 0.15) is 30.7 Å². The summed E-state index contributed by atoms with van der Waals surface area (Å²) in [6.45, 7) is 3.42. The first kappa shape index (κ1) is 15.9. The van der Waals surface area contributed by atoms with Crippen molar-refractivity contribution in [3.05, 3.63) is 53.9 Å². The largest absolute Gasteiger partial charge is 0.441 e. The van der Waals surface area contributed by atoms with E-state index in [2.05, 4.69) is 22.0 Å². The van der Waals surface area contributed by atoms with Crippen molar-refractivity contribution in [3.8, 4) is 17.2 Å². The monoisotopic (exact) mass is 331 g/mol. The van der Waals surface area contributed by atoms with Crippen LogP contribution in [-0.2, 0) is 6.42 Å². The fourth-order valence-corrected chi connectivity index (χ4v) is 3.44. The van der Waals surface area contributed by atoms with Gasteiger partial charge in [0.05, 0.1) is 11.6 Å². The maximum absolute atomic E-state index is 8.91. The van der Waals surface area contributed by atoms with Gasteiger partial charge < -0.3 is 9.32 Å². The third kappa shape index (κ3) is 3.57. The Bertz CT molecular complexity index is 899. The van der Waals surface area contributed by atoms with Crippen LogP contribution in [0.3, 0.4) is 0 Å². The molecule has 0 aliphatic carbocycles. The van der Waals surface area contributed by atoms with Crippen molar-refractivity contribution in [2.24, 2.45) is 0 Å². The molecule has 0 saturated carbocycles. The van der Waals surface area contributed by atoms with Gasteiger partial charge in [-0.2, -0.15) is 5.26 Å². The number of nitriles is 1. The average molecular weight is 331 g/mol. The van der Waals surface area contributed by atoms with Crippen LogP contribution >= 0.6 is 0 Å². The number of hydrogen-bond acceptors (Lipinski definition) is 4. The number of hydrogen-bond donors (Lipinski definition) is 0. The zero-order valence-electron chi connectivity index (χ0n) is 14.2. The second kappa shape index (κ2) is 7.08. The summed E-state index contributed by atoms with van der Waals surface area (Å²) in [6, 6.07) is 15.9. The van der Waals surface area contributed by atoms with E-state index in [9.17, 15) is 0 Å². The van der Waals surface area contributed by atoms with Crippen LogP contribution in [-0.4, -0.2) is 29.5 Å². The van der Waals surface area contributed by atoms with Gasteiger partial charge in [-0.15, -0.1) is 0 Å². The first-order valence-electron chi connectivity index (χ1n) is 8.94. The highest BCUT2D eigenvalue weighted by molar-refractivity contribution is 5.80. The first-order chi connectivity index (χ1) is 12.3. The van der Waals surface area contributed by atoms with Gasteiger partial charge in [0.25, 0.3) is 0 Å². The summed E-state index contributed by atoms with van der Waals surface area (Å²) >= 11 is 0. The van der Waals surface area contributed by atoms with Gasteiger partial charge in [0.1, 0.15) is 5.52 Å². The molecular formula is C21H21N3O. The summed E-state index contributed by atoms with van der Waals surface area (Å²) in [4.78, 5) is 7.17. The van der Waals surface area contributed by atoms with Crippen LogP contribution in [0, 0.1) is 11.3 Å². The number of oxazole rings is 1. The van der Waals surface area contributed by atoms with Crippen molar-refractivity contribution in [3.63, 3.8) is 0 Å². The second-order valence-electron chi connectivity index (χ2n) is 6.63. The first-order valence-corrected chi connectivity index (χ1v) is 8.94. The molecule has 0 bridgehead atoms. The molecule has 4 rings (SSSR count). The summed E-state index contributed by atoms with van der Waals surface area (Å²) < 4.78 is 5.91. The van der Waals surface area contributed by atoms with Gasteiger partial charge in [-0.1, -0.05) is 24.6 Å². The summed E-state index contributed by atoms with van der Waals surface area (Å²) in [7, 11) is 0. The Labute approximate surface area is 147 Å². The van der Waals surface area contributed by atoms with Gasteiger partial charge >= 0.3 is 0 Å². The highest BCUT2D eigenvalue weighted by Crippen LogP contribution is 2.25. The standard InChI is InChI=1S/C21H21N3O/c22-15-16-4-6-17(7-5-16)18-8-9-20-19(14-18)23-21(25-20)10-13-24-11-2-1-3-12-24/h4-9,14H,1-3,10-13H2. The zero-order valence-corrected chi connectivity index (χ0v) is 14.2. The van der Waals surface area contributed by atoms with Crippen LogP contribution in [0.15, 0.2) is 46.9 Å². The maximum Gasteiger partial charge on any atom is 0.196 e. The number of fused-ring (bicyclic) bond motifs is 1. The molecule has 1 saturated heterocycles. The van der Waals surface area contributed by atoms with E-state index in [4.69, 9.17) is 9.68 Å². The molecular weight excluding hydrogens is 310 g/mol. The molecule has 0 radical (unpaired) electrons. The number of benzene rings is 2. The number of nitrogens with zero attached hydrogens (tertiary/aromatic N) is 3. The molecule has 1 aromatic heterocycles. The lowest BCUT2D eigenvalue weighted by Crippen LogP contribution is -2.31. The lowest BCUT2D eigenvalue weighted by molar-refractivity contribution is 0.226. The molecule has 126 valence electrons. The third-order valence-corrected chi connectivity index (χ3v) is 4.87. The lowest BCUT2D eigenvalue weighted by atomic mass is 10.0. The Hall–Kier alpha value is -2.64. The zero-order chi connectivity index (χ0) is 17.1. The molecule has 4 nitrogen and oxygen atoms in total. The molecule has 0 N–H and O–H groups in total. The van der Waals surface area contributed by atoms with E-state index in [0.29, 0.717) is 5.56 Å². The lowest BCUT2D eigenvalue weighted by Gasteiger charge is -2.25. The molecule has 25 heavy (non-hydrogen) atoms. The molecule has 0 spiro atoms. The predicted molar refractivity (Wildman–Crippen MR) is 98.2 cm³/mol. The summed E-state index contributed by atoms with van der Waals surface area (Å²) in [5.41, 5.74) is 4.58. The minimum atomic E-state index is 0.672. The maximum atomic E-state index is 8.91. The number of aromatic nitrogens is 1. The van der Waals surface area contributed by atoms with Gasteiger partial charge in [-0.05, 0) is 61.3 Å². The number of likely N-dealkylation sites (tertiary alicyclic amines) is 1. The van der Waals surface area contributed by atoms with Gasteiger partial charge in [-0.25, -0.2) is 4.98 Å². The van der Waals surface area contributed by atoms with E-state index in [-0.39, 0.29) is 0 Å². The highest BCUT2D eigenvalue weighted by Gasteiger charge is 2.12. The highest BCUT2D eigenvalue weighted by atomic mass is 16.3. The van der Waals surface area contributed by atoms with Crippen molar-refractivity contribution in [2.45, 2.75) is 25.7 Å². The molecule has 1 fully saturated rings. The van der Waals surface area contributed by atoms with Gasteiger partial charge in [-0.3, -0.25) is 0 Å². The van der Waals surface area contributed by atoms with Crippen LogP contribution in [0.25, 0.3) is 22.2 Å². The van der Waals surface area contributed by atoms with E-state index < -0.39 is 0 Å². The van der Waals surface area contributed by atoms with E-state index in [1.165, 1.54) is 32.4 Å². The van der Waals surface area contributed by atoms with Crippen LogP contribution < -0.4 is 0 Å². The Kier molecular flexibility index (Phi) is 4.49. The molecule has 4 heteroatoms. The normalized spacial score (nSPS) is 15.3. The van der Waals surface area contributed by atoms with E-state index in [0.717, 1.165) is 41.1 Å². The number of rotatable bonds is 4. The van der Waals surface area contributed by atoms with Crippen molar-refractivity contribution >= 4 is 11.1 Å². The quantitative estimate of drug-likeness (QED) is 0.711. The molecule has 1 aliphatic heterocycles. The third-order valence-electron chi connectivity index (χ3n) is 4.87. The Morgan fingerprint density at radius 2 is 1.76 bits per heavy atom. The Morgan fingerprint density at radius 3 is 2.52 bits per heavy atom. The smallest absolute Gasteiger partial charge is 0.196 e. The van der Waals surface area contributed by atoms with Crippen molar-refractivity contribution < 1.29 is 4.42 Å². The summed E-state index contributed by atoms with van der Waals surface area (Å²) in [6.07, 6.45) is 4.83. The average Bonchev–Trinajstić information content (AvgIpc) is 3.09. The van der Waals surface area contributed by atoms with Crippen LogP contribution in [0.5, 0.6) is 0 Å². The molecule has 0 atom stereocenters. The molecule has 2 aromatic carbocycles. The topological polar surface area (TPSA) is 53.1 Å². The minimum absolute atomic E-state index is 0.672. The number of piperidine rings is 1. The van der Waals surface area contributed by atoms with Gasteiger partial charge in [0.2, 0.25) is 0 Å². The van der Waals surface area contributed by atoms with Crippen LogP contribution in [0.2, 0.25) is 0 Å². The molecule has 0 unspecified atom stereocenters. The van der Waals surface area contributed by atoms with Crippen molar-refractivity contribution in [2.75, 3.05) is 19.6 Å². The SMILES string of the molecule is N#Cc1ccc(-c2ccc3oc(CCN4CCCCC4)nc3c2)cc1. The van der Waals surface area contributed by atoms with Gasteiger partial charge in [0.15, 0.2) is 11.5 Å². The Morgan fingerprint density at radius 1 is 1.00 bits per heavy atom. The van der Waals surface area contributed by atoms with Crippen LogP contribution in [0.4, 0.5) is 0 Å². The fraction of sp³-hybridized carbons (Fsp3) is 0.333. The summed E-state index contributed by atoms with van der Waals surface area (Å²) in [5.74, 6) is 0.817. The molecule has 3 aromatic rings.